The molecular formula is C22H30N2O3. The van der Waals surface area contributed by atoms with E-state index < -0.39 is 17.7 Å². The summed E-state index contributed by atoms with van der Waals surface area (Å²) in [5.41, 5.74) is 0.430. The highest BCUT2D eigenvalue weighted by molar-refractivity contribution is 5.89. The maximum Gasteiger partial charge on any atom is 0.408 e. The number of fused-ring (bicyclic) bond motifs is 1. The highest BCUT2D eigenvalue weighted by Crippen LogP contribution is 2.24. The summed E-state index contributed by atoms with van der Waals surface area (Å²) in [6.45, 7) is 11.1. The smallest absolute Gasteiger partial charge is 0.408 e. The lowest BCUT2D eigenvalue weighted by atomic mass is 9.98. The molecule has 2 aromatic carbocycles. The van der Waals surface area contributed by atoms with E-state index in [4.69, 9.17) is 4.74 Å². The lowest BCUT2D eigenvalue weighted by Gasteiger charge is -2.26. The predicted molar refractivity (Wildman–Crippen MR) is 109 cm³/mol. The Balaban J connectivity index is 2.13. The first-order valence-corrected chi connectivity index (χ1v) is 9.36. The zero-order valence-electron chi connectivity index (χ0n) is 17.0. The van der Waals surface area contributed by atoms with Crippen LogP contribution in [0.1, 0.15) is 53.1 Å². The average molecular weight is 370 g/mol. The van der Waals surface area contributed by atoms with Gasteiger partial charge >= 0.3 is 6.09 Å². The zero-order valence-corrected chi connectivity index (χ0v) is 17.0. The van der Waals surface area contributed by atoms with Gasteiger partial charge in [-0.2, -0.15) is 0 Å². The minimum Gasteiger partial charge on any atom is -0.444 e. The molecule has 2 atom stereocenters. The minimum atomic E-state index is -0.669. The van der Waals surface area contributed by atoms with E-state index >= 15 is 0 Å². The SMILES string of the molecule is CC(C)[C@H](NC(=O)OC(C)(C)C)C(=O)N[C@H](C)c1cccc2ccccc12. The third-order valence-corrected chi connectivity index (χ3v) is 4.27. The Morgan fingerprint density at radius 2 is 1.56 bits per heavy atom. The number of nitrogens with one attached hydrogen (secondary N) is 2. The standard InChI is InChI=1S/C22H30N2O3/c1-14(2)19(24-21(26)27-22(4,5)6)20(25)23-15(3)17-13-9-11-16-10-7-8-12-18(16)17/h7-15,19H,1-6H3,(H,23,25)(H,24,26)/t15-,19+/m1/s1. The van der Waals surface area contributed by atoms with Crippen molar-refractivity contribution >= 4 is 22.8 Å². The van der Waals surface area contributed by atoms with E-state index in [0.29, 0.717) is 0 Å². The molecule has 0 spiro atoms. The second kappa shape index (κ2) is 8.42. The molecule has 5 nitrogen and oxygen atoms in total. The number of rotatable bonds is 5. The van der Waals surface area contributed by atoms with Gasteiger partial charge < -0.3 is 15.4 Å². The van der Waals surface area contributed by atoms with Crippen LogP contribution in [-0.4, -0.2) is 23.6 Å². The van der Waals surface area contributed by atoms with E-state index in [0.717, 1.165) is 16.3 Å². The zero-order chi connectivity index (χ0) is 20.2. The van der Waals surface area contributed by atoms with Crippen molar-refractivity contribution in [2.24, 2.45) is 5.92 Å². The Bertz CT molecular complexity index is 803. The van der Waals surface area contributed by atoms with Crippen molar-refractivity contribution in [3.63, 3.8) is 0 Å². The Labute approximate surface area is 161 Å². The third kappa shape index (κ3) is 5.71. The molecule has 0 heterocycles. The van der Waals surface area contributed by atoms with E-state index in [1.165, 1.54) is 0 Å². The fourth-order valence-corrected chi connectivity index (χ4v) is 2.98. The Morgan fingerprint density at radius 3 is 2.19 bits per heavy atom. The van der Waals surface area contributed by atoms with Gasteiger partial charge in [-0.25, -0.2) is 4.79 Å². The number of carbonyl (C=O) groups excluding carboxylic acids is 2. The van der Waals surface area contributed by atoms with Crippen LogP contribution >= 0.6 is 0 Å². The summed E-state index contributed by atoms with van der Waals surface area (Å²) in [7, 11) is 0. The van der Waals surface area contributed by atoms with Crippen LogP contribution in [0.2, 0.25) is 0 Å². The van der Waals surface area contributed by atoms with E-state index in [9.17, 15) is 9.59 Å². The Kier molecular flexibility index (Phi) is 6.47. The molecule has 0 aromatic heterocycles. The van der Waals surface area contributed by atoms with Crippen molar-refractivity contribution in [2.75, 3.05) is 0 Å². The number of benzene rings is 2. The molecule has 2 N–H and O–H groups in total. The van der Waals surface area contributed by atoms with Crippen LogP contribution in [0.4, 0.5) is 4.79 Å². The maximum atomic E-state index is 12.8. The van der Waals surface area contributed by atoms with E-state index in [-0.39, 0.29) is 17.9 Å². The van der Waals surface area contributed by atoms with Crippen LogP contribution in [0.25, 0.3) is 10.8 Å². The monoisotopic (exact) mass is 370 g/mol. The molecule has 146 valence electrons. The first-order chi connectivity index (χ1) is 12.6. The number of amides is 2. The van der Waals surface area contributed by atoms with Gasteiger partial charge in [0.1, 0.15) is 11.6 Å². The topological polar surface area (TPSA) is 67.4 Å². The quantitative estimate of drug-likeness (QED) is 0.810. The van der Waals surface area contributed by atoms with Crippen molar-refractivity contribution < 1.29 is 14.3 Å². The largest absolute Gasteiger partial charge is 0.444 e. The summed E-state index contributed by atoms with van der Waals surface area (Å²) < 4.78 is 5.29. The maximum absolute atomic E-state index is 12.8. The molecule has 0 bridgehead atoms. The first-order valence-electron chi connectivity index (χ1n) is 9.36. The van der Waals surface area contributed by atoms with Gasteiger partial charge in [-0.3, -0.25) is 4.79 Å². The molecule has 0 fully saturated rings. The Hall–Kier alpha value is -2.56. The second-order valence-corrected chi connectivity index (χ2v) is 8.17. The van der Waals surface area contributed by atoms with Crippen LogP contribution in [-0.2, 0) is 9.53 Å². The molecular weight excluding hydrogens is 340 g/mol. The van der Waals surface area contributed by atoms with Crippen molar-refractivity contribution in [3.05, 3.63) is 48.0 Å². The fraction of sp³-hybridized carbons (Fsp3) is 0.455. The van der Waals surface area contributed by atoms with Crippen molar-refractivity contribution in [1.82, 2.24) is 10.6 Å². The molecule has 5 heteroatoms. The van der Waals surface area contributed by atoms with Gasteiger partial charge in [-0.1, -0.05) is 56.3 Å². The van der Waals surface area contributed by atoms with E-state index in [1.807, 2.05) is 63.2 Å². The van der Waals surface area contributed by atoms with Gasteiger partial charge in [-0.05, 0) is 49.9 Å². The van der Waals surface area contributed by atoms with Crippen molar-refractivity contribution in [3.8, 4) is 0 Å². The Morgan fingerprint density at radius 1 is 0.926 bits per heavy atom. The molecule has 0 radical (unpaired) electrons. The van der Waals surface area contributed by atoms with Crippen molar-refractivity contribution in [2.45, 2.75) is 59.2 Å². The highest BCUT2D eigenvalue weighted by atomic mass is 16.6. The van der Waals surface area contributed by atoms with Crippen molar-refractivity contribution in [1.29, 1.82) is 0 Å². The highest BCUT2D eigenvalue weighted by Gasteiger charge is 2.28. The minimum absolute atomic E-state index is 0.0720. The van der Waals surface area contributed by atoms with Gasteiger partial charge in [0.05, 0.1) is 6.04 Å². The van der Waals surface area contributed by atoms with Gasteiger partial charge in [0.25, 0.3) is 0 Å². The van der Waals surface area contributed by atoms with Crippen LogP contribution in [0, 0.1) is 5.92 Å². The number of hydrogen-bond acceptors (Lipinski definition) is 3. The summed E-state index contributed by atoms with van der Waals surface area (Å²) >= 11 is 0. The van der Waals surface area contributed by atoms with Gasteiger partial charge in [0.15, 0.2) is 0 Å². The summed E-state index contributed by atoms with van der Waals surface area (Å²) in [6.07, 6.45) is -0.589. The molecule has 2 amide bonds. The van der Waals surface area contributed by atoms with Crippen LogP contribution in [0.3, 0.4) is 0 Å². The van der Waals surface area contributed by atoms with Crippen LogP contribution < -0.4 is 10.6 Å². The lowest BCUT2D eigenvalue weighted by molar-refractivity contribution is -0.124. The molecule has 27 heavy (non-hydrogen) atoms. The second-order valence-electron chi connectivity index (χ2n) is 8.17. The molecule has 0 aliphatic heterocycles. The molecule has 0 unspecified atom stereocenters. The molecule has 0 saturated heterocycles. The number of alkyl carbamates (subject to hydrolysis) is 1. The summed E-state index contributed by atoms with van der Waals surface area (Å²) in [5, 5.41) is 7.96. The van der Waals surface area contributed by atoms with Gasteiger partial charge in [0, 0.05) is 0 Å². The van der Waals surface area contributed by atoms with Gasteiger partial charge in [-0.15, -0.1) is 0 Å². The molecule has 0 aliphatic carbocycles. The molecule has 2 rings (SSSR count). The molecule has 0 aliphatic rings. The van der Waals surface area contributed by atoms with E-state index in [1.54, 1.807) is 20.8 Å². The molecule has 0 saturated carbocycles. The first kappa shape index (κ1) is 20.7. The van der Waals surface area contributed by atoms with Crippen LogP contribution in [0.5, 0.6) is 0 Å². The normalized spacial score (nSPS) is 13.9. The van der Waals surface area contributed by atoms with Gasteiger partial charge in [0.2, 0.25) is 5.91 Å². The molecule has 2 aromatic rings. The lowest BCUT2D eigenvalue weighted by Crippen LogP contribution is -2.51. The third-order valence-electron chi connectivity index (χ3n) is 4.27. The summed E-state index contributed by atoms with van der Waals surface area (Å²) in [4.78, 5) is 24.9. The predicted octanol–water partition coefficient (Wildman–Crippen LogP) is 4.57. The number of hydrogen-bond donors (Lipinski definition) is 2. The summed E-state index contributed by atoms with van der Waals surface area (Å²) in [5.74, 6) is -0.298. The summed E-state index contributed by atoms with van der Waals surface area (Å²) in [6, 6.07) is 13.3. The number of carbonyl (C=O) groups is 2. The van der Waals surface area contributed by atoms with Crippen LogP contribution in [0.15, 0.2) is 42.5 Å². The number of ether oxygens (including phenoxy) is 1. The average Bonchev–Trinajstić information content (AvgIpc) is 2.57. The van der Waals surface area contributed by atoms with E-state index in [2.05, 4.69) is 10.6 Å². The fourth-order valence-electron chi connectivity index (χ4n) is 2.98.